The molecule has 0 N–H and O–H groups in total. The van der Waals surface area contributed by atoms with Crippen LogP contribution in [0.5, 0.6) is 0 Å². The Kier molecular flexibility index (Phi) is 3.77. The molecule has 0 spiro atoms. The third kappa shape index (κ3) is 2.22. The minimum Gasteiger partial charge on any atom is -0.170 e. The van der Waals surface area contributed by atoms with Crippen LogP contribution in [0.1, 0.15) is 5.56 Å². The average molecular weight is 273 g/mol. The van der Waals surface area contributed by atoms with Crippen LogP contribution in [0.25, 0.3) is 10.9 Å². The lowest BCUT2D eigenvalue weighted by Crippen LogP contribution is -2.06. The predicted molar refractivity (Wildman–Crippen MR) is 78.8 cm³/mol. The Balaban J connectivity index is 2.66. The van der Waals surface area contributed by atoms with E-state index in [9.17, 15) is 0 Å². The molecular weight excluding hydrogens is 258 g/mol. The van der Waals surface area contributed by atoms with Crippen LogP contribution in [0.4, 0.5) is 0 Å². The van der Waals surface area contributed by atoms with Gasteiger partial charge >= 0.3 is 0 Å². The van der Waals surface area contributed by atoms with Crippen molar-refractivity contribution >= 4 is 45.3 Å². The average Bonchev–Trinajstić information content (AvgIpc) is 2.58. The number of hydrogen-bond acceptors (Lipinski definition) is 1. The summed E-state index contributed by atoms with van der Waals surface area (Å²) in [5.41, 5.74) is 2.67. The highest BCUT2D eigenvalue weighted by Crippen LogP contribution is 2.28. The fraction of sp³-hybridized carbons (Fsp3) is 0.333. The second-order valence-electron chi connectivity index (χ2n) is 3.85. The molecule has 1 aromatic carbocycles. The maximum absolute atomic E-state index is 6.07. The van der Waals surface area contributed by atoms with Crippen LogP contribution in [0.3, 0.4) is 0 Å². The quantitative estimate of drug-likeness (QED) is 0.770. The lowest BCUT2D eigenvalue weighted by molar-refractivity contribution is 1.30. The summed E-state index contributed by atoms with van der Waals surface area (Å²) in [5.74, 6) is 1.04. The van der Waals surface area contributed by atoms with Crippen molar-refractivity contribution in [2.24, 2.45) is 0 Å². The molecule has 0 fully saturated rings. The number of rotatable bonds is 3. The third-order valence-corrected chi connectivity index (χ3v) is 4.43. The van der Waals surface area contributed by atoms with Gasteiger partial charge in [0.15, 0.2) is 0 Å². The van der Waals surface area contributed by atoms with Crippen molar-refractivity contribution < 1.29 is 0 Å². The number of hydrogen-bond donors (Lipinski definition) is 0. The molecule has 0 amide bonds. The molecule has 4 heteroatoms. The van der Waals surface area contributed by atoms with Crippen LogP contribution in [0, 0.1) is 0 Å². The molecule has 2 rings (SSSR count). The van der Waals surface area contributed by atoms with Crippen molar-refractivity contribution in [1.29, 1.82) is 0 Å². The lowest BCUT2D eigenvalue weighted by atomic mass is 10.2. The van der Waals surface area contributed by atoms with E-state index in [0.717, 1.165) is 10.8 Å². The molecule has 0 atom stereocenters. The highest BCUT2D eigenvalue weighted by molar-refractivity contribution is 7.97. The number of thioether (sulfide) groups is 1. The Morgan fingerprint density at radius 2 is 2.12 bits per heavy atom. The van der Waals surface area contributed by atoms with E-state index in [1.165, 1.54) is 16.5 Å². The lowest BCUT2D eigenvalue weighted by Gasteiger charge is -1.99. The van der Waals surface area contributed by atoms with E-state index in [4.69, 9.17) is 11.6 Å². The van der Waals surface area contributed by atoms with Gasteiger partial charge < -0.3 is 0 Å². The molecule has 0 radical (unpaired) electrons. The van der Waals surface area contributed by atoms with Gasteiger partial charge in [-0.15, -0.1) is 0 Å². The zero-order chi connectivity index (χ0) is 11.7. The Hall–Kier alpha value is -0.250. The SMILES string of the molecule is CSCc1cn([S+](C)C)c2ccc(Cl)cc12. The highest BCUT2D eigenvalue weighted by atomic mass is 35.5. The molecule has 0 aliphatic heterocycles. The first kappa shape index (κ1) is 12.2. The van der Waals surface area contributed by atoms with E-state index in [1.807, 2.05) is 17.8 Å². The van der Waals surface area contributed by atoms with Crippen molar-refractivity contribution in [1.82, 2.24) is 3.97 Å². The van der Waals surface area contributed by atoms with Gasteiger partial charge in [-0.1, -0.05) is 11.6 Å². The van der Waals surface area contributed by atoms with Gasteiger partial charge in [-0.2, -0.15) is 15.7 Å². The normalized spacial score (nSPS) is 11.6. The molecule has 1 aromatic heterocycles. The Bertz CT molecular complexity index is 505. The molecule has 0 saturated heterocycles. The fourth-order valence-corrected chi connectivity index (χ4v) is 3.41. The van der Waals surface area contributed by atoms with Gasteiger partial charge in [0.2, 0.25) is 0 Å². The van der Waals surface area contributed by atoms with Gasteiger partial charge in [0.25, 0.3) is 0 Å². The van der Waals surface area contributed by atoms with Crippen LogP contribution in [0.2, 0.25) is 5.02 Å². The first-order chi connectivity index (χ1) is 7.63. The minimum absolute atomic E-state index is 0.221. The van der Waals surface area contributed by atoms with Gasteiger partial charge in [0, 0.05) is 16.2 Å². The fourth-order valence-electron chi connectivity index (χ4n) is 1.81. The second-order valence-corrected chi connectivity index (χ2v) is 7.09. The third-order valence-electron chi connectivity index (χ3n) is 2.51. The Morgan fingerprint density at radius 3 is 2.75 bits per heavy atom. The van der Waals surface area contributed by atoms with Crippen molar-refractivity contribution in [3.8, 4) is 0 Å². The van der Waals surface area contributed by atoms with E-state index in [0.29, 0.717) is 0 Å². The van der Waals surface area contributed by atoms with Crippen LogP contribution in [0.15, 0.2) is 24.4 Å². The zero-order valence-electron chi connectivity index (χ0n) is 9.66. The molecule has 0 aliphatic carbocycles. The molecule has 0 saturated carbocycles. The van der Waals surface area contributed by atoms with Gasteiger partial charge in [-0.05, 0) is 30.0 Å². The topological polar surface area (TPSA) is 4.93 Å². The van der Waals surface area contributed by atoms with E-state index in [2.05, 4.69) is 41.1 Å². The summed E-state index contributed by atoms with van der Waals surface area (Å²) in [5, 5.41) is 2.11. The maximum atomic E-state index is 6.07. The predicted octanol–water partition coefficient (Wildman–Crippen LogP) is 3.80. The summed E-state index contributed by atoms with van der Waals surface area (Å²) in [6.45, 7) is 0. The minimum atomic E-state index is 0.221. The van der Waals surface area contributed by atoms with Gasteiger partial charge in [0.05, 0.1) is 22.8 Å². The van der Waals surface area contributed by atoms with E-state index in [1.54, 1.807) is 0 Å². The van der Waals surface area contributed by atoms with Gasteiger partial charge in [0.1, 0.15) is 12.5 Å². The molecule has 1 heterocycles. The van der Waals surface area contributed by atoms with Gasteiger partial charge in [-0.25, -0.2) is 0 Å². The molecule has 0 unspecified atom stereocenters. The molecule has 86 valence electrons. The molecular formula is C12H15ClNS2+. The van der Waals surface area contributed by atoms with Crippen LogP contribution in [-0.4, -0.2) is 22.7 Å². The summed E-state index contributed by atoms with van der Waals surface area (Å²) in [4.78, 5) is 0. The summed E-state index contributed by atoms with van der Waals surface area (Å²) in [6.07, 6.45) is 8.86. The zero-order valence-corrected chi connectivity index (χ0v) is 12.0. The largest absolute Gasteiger partial charge is 0.170 e. The summed E-state index contributed by atoms with van der Waals surface area (Å²) >= 11 is 8.13. The molecule has 1 nitrogen and oxygen atoms in total. The number of aromatic nitrogens is 1. The van der Waals surface area contributed by atoms with Crippen LogP contribution < -0.4 is 0 Å². The van der Waals surface area contributed by atoms with Crippen molar-refractivity contribution in [3.63, 3.8) is 0 Å². The van der Waals surface area contributed by atoms with Crippen LogP contribution in [-0.2, 0) is 16.8 Å². The summed E-state index contributed by atoms with van der Waals surface area (Å²) in [6, 6.07) is 6.16. The smallest absolute Gasteiger partial charge is 0.123 e. The maximum Gasteiger partial charge on any atom is 0.123 e. The van der Waals surface area contributed by atoms with Crippen molar-refractivity contribution in [2.45, 2.75) is 5.75 Å². The summed E-state index contributed by atoms with van der Waals surface area (Å²) < 4.78 is 2.34. The molecule has 0 aliphatic rings. The number of nitrogens with zero attached hydrogens (tertiary/aromatic N) is 1. The molecule has 0 bridgehead atoms. The monoisotopic (exact) mass is 272 g/mol. The van der Waals surface area contributed by atoms with E-state index in [-0.39, 0.29) is 11.1 Å². The highest BCUT2D eigenvalue weighted by Gasteiger charge is 2.15. The van der Waals surface area contributed by atoms with E-state index < -0.39 is 0 Å². The number of fused-ring (bicyclic) bond motifs is 1. The standard InChI is InChI=1S/C12H15ClNS2/c1-15-8-9-7-14(16(2)3)12-5-4-10(13)6-11(9)12/h4-7H,8H2,1-3H3/q+1. The van der Waals surface area contributed by atoms with E-state index >= 15 is 0 Å². The first-order valence-corrected chi connectivity index (χ1v) is 8.77. The second kappa shape index (κ2) is 4.94. The van der Waals surface area contributed by atoms with Crippen LogP contribution >= 0.6 is 23.4 Å². The van der Waals surface area contributed by atoms with Crippen molar-refractivity contribution in [3.05, 3.63) is 35.0 Å². The molecule has 16 heavy (non-hydrogen) atoms. The molecule has 2 aromatic rings. The first-order valence-electron chi connectivity index (χ1n) is 5.00. The Morgan fingerprint density at radius 1 is 1.38 bits per heavy atom. The number of benzene rings is 1. The van der Waals surface area contributed by atoms with Crippen molar-refractivity contribution in [2.75, 3.05) is 18.8 Å². The van der Waals surface area contributed by atoms with Gasteiger partial charge in [-0.3, -0.25) is 0 Å². The number of halogens is 1. The Labute approximate surface area is 109 Å². The summed E-state index contributed by atoms with van der Waals surface area (Å²) in [7, 11) is 0.